The number of hydrogen-bond acceptors (Lipinski definition) is 6. The molecule has 9 heteroatoms. The Bertz CT molecular complexity index is 1240. The fourth-order valence-electron chi connectivity index (χ4n) is 4.79. The normalized spacial score (nSPS) is 16.5. The van der Waals surface area contributed by atoms with E-state index in [4.69, 9.17) is 16.6 Å². The van der Waals surface area contributed by atoms with Crippen LogP contribution in [0.4, 0.5) is 33.6 Å². The maximum absolute atomic E-state index is 13.6. The number of hydrogen-bond donors (Lipinski definition) is 1. The quantitative estimate of drug-likeness (QED) is 0.508. The van der Waals surface area contributed by atoms with Crippen molar-refractivity contribution >= 4 is 46.5 Å². The summed E-state index contributed by atoms with van der Waals surface area (Å²) in [4.78, 5) is 31.1. The lowest BCUT2D eigenvalue weighted by Crippen LogP contribution is -2.51. The van der Waals surface area contributed by atoms with Gasteiger partial charge in [-0.1, -0.05) is 23.7 Å². The molecule has 1 aromatic heterocycles. The molecule has 2 amide bonds. The number of carbonyl (C=O) groups excluding carboxylic acids is 1. The minimum absolute atomic E-state index is 0.0903. The van der Waals surface area contributed by atoms with E-state index in [1.807, 2.05) is 51.1 Å². The summed E-state index contributed by atoms with van der Waals surface area (Å²) in [7, 11) is 2.16. The van der Waals surface area contributed by atoms with E-state index < -0.39 is 0 Å². The van der Waals surface area contributed by atoms with Gasteiger partial charge in [0.25, 0.3) is 0 Å². The van der Waals surface area contributed by atoms with Gasteiger partial charge in [-0.05, 0) is 63.7 Å². The number of likely N-dealkylation sites (N-methyl/N-ethyl adjacent to an activating group) is 1. The van der Waals surface area contributed by atoms with Gasteiger partial charge in [0.15, 0.2) is 0 Å². The summed E-state index contributed by atoms with van der Waals surface area (Å²) >= 11 is 6.51. The van der Waals surface area contributed by atoms with Gasteiger partial charge in [-0.3, -0.25) is 9.80 Å². The molecule has 3 aromatic rings. The summed E-state index contributed by atoms with van der Waals surface area (Å²) in [5.41, 5.74) is 4.66. The molecule has 5 rings (SSSR count). The van der Waals surface area contributed by atoms with Crippen molar-refractivity contribution in [2.24, 2.45) is 0 Å². The van der Waals surface area contributed by atoms with E-state index in [1.165, 1.54) is 5.69 Å². The van der Waals surface area contributed by atoms with E-state index in [1.54, 1.807) is 16.0 Å². The molecule has 0 unspecified atom stereocenters. The Morgan fingerprint density at radius 1 is 1.03 bits per heavy atom. The smallest absolute Gasteiger partial charge is 0.330 e. The van der Waals surface area contributed by atoms with Crippen LogP contribution in [0.25, 0.3) is 0 Å². The SMILES string of the molecule is Cc1cccc(Cl)c1N1Cc2cnc(Nc3ccc(N4CCN(C)CC4)cc3)nc2N(C(C)C)C1=O. The number of anilines is 5. The average Bonchev–Trinajstić information content (AvgIpc) is 2.85. The molecule has 0 aliphatic carbocycles. The molecule has 0 spiro atoms. The molecule has 36 heavy (non-hydrogen) atoms. The number of nitrogens with zero attached hydrogens (tertiary/aromatic N) is 6. The zero-order valence-electron chi connectivity index (χ0n) is 21.2. The maximum Gasteiger partial charge on any atom is 0.330 e. The Labute approximate surface area is 217 Å². The first-order valence-electron chi connectivity index (χ1n) is 12.3. The number of piperazine rings is 1. The van der Waals surface area contributed by atoms with Crippen LogP contribution < -0.4 is 20.0 Å². The number of nitrogens with one attached hydrogen (secondary N) is 1. The lowest BCUT2D eigenvalue weighted by Gasteiger charge is -2.39. The average molecular weight is 506 g/mol. The van der Waals surface area contributed by atoms with Gasteiger partial charge in [-0.25, -0.2) is 9.78 Å². The zero-order valence-corrected chi connectivity index (χ0v) is 22.0. The molecule has 0 radical (unpaired) electrons. The van der Waals surface area contributed by atoms with E-state index >= 15 is 0 Å². The van der Waals surface area contributed by atoms with E-state index in [9.17, 15) is 4.79 Å². The van der Waals surface area contributed by atoms with Crippen molar-refractivity contribution in [1.29, 1.82) is 0 Å². The van der Waals surface area contributed by atoms with Crippen LogP contribution in [0.15, 0.2) is 48.7 Å². The number of fused-ring (bicyclic) bond motifs is 1. The molecule has 1 N–H and O–H groups in total. The summed E-state index contributed by atoms with van der Waals surface area (Å²) < 4.78 is 0. The second-order valence-corrected chi connectivity index (χ2v) is 10.1. The minimum atomic E-state index is -0.144. The highest BCUT2D eigenvalue weighted by atomic mass is 35.5. The summed E-state index contributed by atoms with van der Waals surface area (Å²) in [5, 5.41) is 3.86. The number of benzene rings is 2. The van der Waals surface area contributed by atoms with Crippen molar-refractivity contribution in [3.8, 4) is 0 Å². The molecule has 0 atom stereocenters. The molecule has 1 fully saturated rings. The van der Waals surface area contributed by atoms with Crippen molar-refractivity contribution < 1.29 is 4.79 Å². The van der Waals surface area contributed by atoms with Crippen LogP contribution in [0.1, 0.15) is 25.0 Å². The highest BCUT2D eigenvalue weighted by Crippen LogP contribution is 2.37. The monoisotopic (exact) mass is 505 g/mol. The number of halogens is 1. The topological polar surface area (TPSA) is 67.8 Å². The molecule has 2 aliphatic rings. The summed E-state index contributed by atoms with van der Waals surface area (Å²) in [5.74, 6) is 1.09. The maximum atomic E-state index is 13.6. The Hall–Kier alpha value is -3.36. The Kier molecular flexibility index (Phi) is 6.73. The van der Waals surface area contributed by atoms with Crippen molar-refractivity contribution in [3.63, 3.8) is 0 Å². The van der Waals surface area contributed by atoms with Crippen LogP contribution in [0.5, 0.6) is 0 Å². The molecular formula is C27H32ClN7O. The van der Waals surface area contributed by atoms with E-state index in [0.29, 0.717) is 23.3 Å². The van der Waals surface area contributed by atoms with Crippen LogP contribution in [-0.4, -0.2) is 60.2 Å². The fourth-order valence-corrected chi connectivity index (χ4v) is 5.11. The van der Waals surface area contributed by atoms with Crippen LogP contribution in [0.3, 0.4) is 0 Å². The van der Waals surface area contributed by atoms with Gasteiger partial charge in [0.1, 0.15) is 5.82 Å². The van der Waals surface area contributed by atoms with Gasteiger partial charge in [0.05, 0.1) is 17.3 Å². The van der Waals surface area contributed by atoms with Crippen LogP contribution >= 0.6 is 11.6 Å². The number of amides is 2. The second kappa shape index (κ2) is 9.95. The summed E-state index contributed by atoms with van der Waals surface area (Å²) in [6.07, 6.45) is 1.80. The first-order valence-corrected chi connectivity index (χ1v) is 12.7. The molecule has 188 valence electrons. The molecular weight excluding hydrogens is 474 g/mol. The lowest BCUT2D eigenvalue weighted by atomic mass is 10.1. The van der Waals surface area contributed by atoms with Gasteiger partial charge in [0.2, 0.25) is 5.95 Å². The van der Waals surface area contributed by atoms with Crippen LogP contribution in [-0.2, 0) is 6.54 Å². The zero-order chi connectivity index (χ0) is 25.4. The Morgan fingerprint density at radius 2 is 1.75 bits per heavy atom. The highest BCUT2D eigenvalue weighted by Gasteiger charge is 2.36. The molecule has 2 aromatic carbocycles. The molecule has 2 aliphatic heterocycles. The van der Waals surface area contributed by atoms with Crippen molar-refractivity contribution in [1.82, 2.24) is 14.9 Å². The molecule has 8 nitrogen and oxygen atoms in total. The largest absolute Gasteiger partial charge is 0.369 e. The molecule has 1 saturated heterocycles. The summed E-state index contributed by atoms with van der Waals surface area (Å²) in [6.45, 7) is 10.5. The third-order valence-corrected chi connectivity index (χ3v) is 7.11. The van der Waals surface area contributed by atoms with Gasteiger partial charge < -0.3 is 15.1 Å². The number of rotatable bonds is 5. The minimum Gasteiger partial charge on any atom is -0.369 e. The third-order valence-electron chi connectivity index (χ3n) is 6.80. The fraction of sp³-hybridized carbons (Fsp3) is 0.370. The van der Waals surface area contributed by atoms with Crippen molar-refractivity contribution in [2.75, 3.05) is 53.2 Å². The second-order valence-electron chi connectivity index (χ2n) is 9.74. The van der Waals surface area contributed by atoms with E-state index in [0.717, 1.165) is 48.7 Å². The van der Waals surface area contributed by atoms with Gasteiger partial charge in [0, 0.05) is 55.4 Å². The van der Waals surface area contributed by atoms with E-state index in [2.05, 4.69) is 39.3 Å². The standard InChI is InChI=1S/C27H32ClN7O/c1-18(2)35-25-20(17-34(27(35)36)24-19(3)6-5-7-23(24)28)16-29-26(31-25)30-21-8-10-22(11-9-21)33-14-12-32(4)13-15-33/h5-11,16,18H,12-15,17H2,1-4H3,(H,29,30,31). The Morgan fingerprint density at radius 3 is 2.42 bits per heavy atom. The number of aromatic nitrogens is 2. The first-order chi connectivity index (χ1) is 17.3. The first kappa shape index (κ1) is 24.3. The lowest BCUT2D eigenvalue weighted by molar-refractivity contribution is 0.248. The number of carbonyl (C=O) groups is 1. The predicted octanol–water partition coefficient (Wildman–Crippen LogP) is 5.29. The van der Waals surface area contributed by atoms with Gasteiger partial charge >= 0.3 is 6.03 Å². The summed E-state index contributed by atoms with van der Waals surface area (Å²) in [6, 6.07) is 13.8. The molecule has 0 bridgehead atoms. The molecule has 3 heterocycles. The van der Waals surface area contributed by atoms with E-state index in [-0.39, 0.29) is 12.1 Å². The van der Waals surface area contributed by atoms with Crippen molar-refractivity contribution in [2.45, 2.75) is 33.4 Å². The van der Waals surface area contributed by atoms with Gasteiger partial charge in [-0.2, -0.15) is 4.98 Å². The van der Waals surface area contributed by atoms with Crippen LogP contribution in [0.2, 0.25) is 5.02 Å². The number of urea groups is 1. The predicted molar refractivity (Wildman–Crippen MR) is 147 cm³/mol. The Balaban J connectivity index is 1.39. The number of aryl methyl sites for hydroxylation is 1. The van der Waals surface area contributed by atoms with Crippen LogP contribution in [0, 0.1) is 6.92 Å². The molecule has 0 saturated carbocycles. The number of para-hydroxylation sites is 1. The van der Waals surface area contributed by atoms with Crippen molar-refractivity contribution in [3.05, 3.63) is 64.8 Å². The highest BCUT2D eigenvalue weighted by molar-refractivity contribution is 6.34. The third kappa shape index (κ3) is 4.70. The van der Waals surface area contributed by atoms with Gasteiger partial charge in [-0.15, -0.1) is 0 Å².